The maximum Gasteiger partial charge on any atom is 0.328 e. The number of anilines is 2. The number of nitrogens with zero attached hydrogens (tertiary/aromatic N) is 5. The Balaban J connectivity index is 1.24. The molecule has 0 saturated carbocycles. The molecule has 0 radical (unpaired) electrons. The maximum atomic E-state index is 14.0. The van der Waals surface area contributed by atoms with E-state index in [2.05, 4.69) is 26.8 Å². The van der Waals surface area contributed by atoms with Crippen LogP contribution in [-0.4, -0.2) is 84.7 Å². The Hall–Kier alpha value is -4.10. The number of aromatic nitrogens is 3. The van der Waals surface area contributed by atoms with Crippen molar-refractivity contribution in [3.05, 3.63) is 48.4 Å². The number of halogens is 2. The smallest absolute Gasteiger partial charge is 0.328 e. The van der Waals surface area contributed by atoms with E-state index in [0.29, 0.717) is 43.2 Å². The third-order valence-corrected chi connectivity index (χ3v) is 8.40. The Bertz CT molecular complexity index is 1650. The third kappa shape index (κ3) is 4.29. The fourth-order valence-electron chi connectivity index (χ4n) is 6.11. The molecule has 3 fully saturated rings. The van der Waals surface area contributed by atoms with Gasteiger partial charge in [0.1, 0.15) is 34.5 Å². The van der Waals surface area contributed by atoms with Crippen LogP contribution in [0.3, 0.4) is 0 Å². The van der Waals surface area contributed by atoms with Crippen LogP contribution in [0.25, 0.3) is 22.1 Å². The maximum absolute atomic E-state index is 14.0. The number of carbonyl (C=O) groups excluding carboxylic acids is 1. The molecule has 0 amide bonds. The molecular formula is C29H29F2N5O6. The second-order valence-corrected chi connectivity index (χ2v) is 10.8. The summed E-state index contributed by atoms with van der Waals surface area (Å²) < 4.78 is 57.1. The van der Waals surface area contributed by atoms with E-state index in [1.165, 1.54) is 7.11 Å². The number of para-hydroxylation sites is 1. The Morgan fingerprint density at radius 3 is 2.74 bits per heavy atom. The van der Waals surface area contributed by atoms with Crippen molar-refractivity contribution in [1.29, 1.82) is 0 Å². The minimum Gasteiger partial charge on any atom is -0.471 e. The lowest BCUT2D eigenvalue weighted by Crippen LogP contribution is -2.68. The molecule has 3 aromatic heterocycles. The van der Waals surface area contributed by atoms with Gasteiger partial charge >= 0.3 is 5.97 Å². The van der Waals surface area contributed by atoms with E-state index >= 15 is 0 Å². The monoisotopic (exact) mass is 581 g/mol. The number of fused-ring (bicyclic) bond motifs is 3. The molecule has 13 heteroatoms. The second kappa shape index (κ2) is 10.3. The predicted octanol–water partition coefficient (Wildman–Crippen LogP) is 3.90. The van der Waals surface area contributed by atoms with Gasteiger partial charge in [0.05, 0.1) is 39.5 Å². The summed E-state index contributed by atoms with van der Waals surface area (Å²) in [5, 5.41) is 0.576. The topological polar surface area (TPSA) is 112 Å². The molecule has 0 N–H and O–H groups in total. The molecule has 0 aliphatic carbocycles. The first-order valence-corrected chi connectivity index (χ1v) is 13.8. The number of benzene rings is 1. The SMILES string of the molecule is COC(=O)[C@@H]1C[C@H](Oc2ncccc2N2CCOC3(COC3)[C@@H]2C)CN1c1nc(C(F)F)nc2c1oc1ccccc12. The molecular weight excluding hydrogens is 552 g/mol. The summed E-state index contributed by atoms with van der Waals surface area (Å²) in [7, 11) is 1.28. The van der Waals surface area contributed by atoms with Gasteiger partial charge in [0.2, 0.25) is 5.88 Å². The van der Waals surface area contributed by atoms with Crippen molar-refractivity contribution in [2.24, 2.45) is 0 Å². The van der Waals surface area contributed by atoms with Crippen LogP contribution >= 0.6 is 0 Å². The minimum absolute atomic E-state index is 0.0181. The van der Waals surface area contributed by atoms with E-state index in [4.69, 9.17) is 23.4 Å². The number of ether oxygens (including phenoxy) is 4. The standard InChI is InChI=1S/C29H29F2N5O6/c1-16-29(14-39-15-29)40-11-10-35(16)19-7-5-9-32-27(19)41-17-12-20(28(37)38-2)36(13-17)26-23-22(33-25(34-26)24(30)31)18-6-3-4-8-21(18)42-23/h3-9,16-17,20,24H,10-15H2,1-2H3/t16-,17-,20-/m0/s1. The Morgan fingerprint density at radius 1 is 1.14 bits per heavy atom. The summed E-state index contributed by atoms with van der Waals surface area (Å²) in [6.45, 7) is 4.48. The average Bonchev–Trinajstić information content (AvgIpc) is 3.57. The fourth-order valence-corrected chi connectivity index (χ4v) is 6.11. The summed E-state index contributed by atoms with van der Waals surface area (Å²) in [6, 6.07) is 9.98. The van der Waals surface area contributed by atoms with E-state index in [-0.39, 0.29) is 41.5 Å². The van der Waals surface area contributed by atoms with Gasteiger partial charge in [0.15, 0.2) is 17.2 Å². The molecule has 3 aliphatic heterocycles. The van der Waals surface area contributed by atoms with E-state index in [1.54, 1.807) is 35.4 Å². The van der Waals surface area contributed by atoms with Gasteiger partial charge in [-0.25, -0.2) is 28.5 Å². The molecule has 1 aromatic carbocycles. The summed E-state index contributed by atoms with van der Waals surface area (Å²) in [5.74, 6) is -0.707. The molecule has 3 aliphatic rings. The predicted molar refractivity (Wildman–Crippen MR) is 147 cm³/mol. The first kappa shape index (κ1) is 26.8. The van der Waals surface area contributed by atoms with Crippen molar-refractivity contribution in [1.82, 2.24) is 15.0 Å². The van der Waals surface area contributed by atoms with Crippen LogP contribution in [0.5, 0.6) is 5.88 Å². The van der Waals surface area contributed by atoms with Gasteiger partial charge in [-0.1, -0.05) is 12.1 Å². The zero-order chi connectivity index (χ0) is 29.0. The van der Waals surface area contributed by atoms with E-state index in [9.17, 15) is 13.6 Å². The number of alkyl halides is 2. The van der Waals surface area contributed by atoms with E-state index < -0.39 is 30.4 Å². The molecule has 0 unspecified atom stereocenters. The van der Waals surface area contributed by atoms with Crippen molar-refractivity contribution < 1.29 is 36.9 Å². The molecule has 6 heterocycles. The van der Waals surface area contributed by atoms with Gasteiger partial charge in [0.25, 0.3) is 6.43 Å². The van der Waals surface area contributed by atoms with E-state index in [1.807, 2.05) is 12.1 Å². The highest BCUT2D eigenvalue weighted by molar-refractivity contribution is 6.06. The highest BCUT2D eigenvalue weighted by Crippen LogP contribution is 2.40. The quantitative estimate of drug-likeness (QED) is 0.309. The molecule has 7 rings (SSSR count). The Morgan fingerprint density at radius 2 is 1.98 bits per heavy atom. The van der Waals surface area contributed by atoms with E-state index in [0.717, 1.165) is 5.69 Å². The van der Waals surface area contributed by atoms with Crippen LogP contribution in [-0.2, 0) is 19.0 Å². The van der Waals surface area contributed by atoms with Crippen LogP contribution in [0.2, 0.25) is 0 Å². The lowest BCUT2D eigenvalue weighted by molar-refractivity contribution is -0.228. The molecule has 3 atom stereocenters. The summed E-state index contributed by atoms with van der Waals surface area (Å²) >= 11 is 0. The number of esters is 1. The largest absolute Gasteiger partial charge is 0.471 e. The van der Waals surface area contributed by atoms with Crippen molar-refractivity contribution in [3.63, 3.8) is 0 Å². The lowest BCUT2D eigenvalue weighted by atomic mass is 9.90. The van der Waals surface area contributed by atoms with Crippen LogP contribution in [0.15, 0.2) is 47.0 Å². The molecule has 3 saturated heterocycles. The number of morpholine rings is 1. The number of carbonyl (C=O) groups is 1. The normalized spacial score (nSPS) is 23.6. The van der Waals surface area contributed by atoms with Crippen LogP contribution in [0, 0.1) is 0 Å². The number of pyridine rings is 1. The highest BCUT2D eigenvalue weighted by atomic mass is 19.3. The summed E-state index contributed by atoms with van der Waals surface area (Å²) in [5.41, 5.74) is 1.36. The number of hydrogen-bond acceptors (Lipinski definition) is 11. The minimum atomic E-state index is -2.93. The zero-order valence-electron chi connectivity index (χ0n) is 23.0. The van der Waals surface area contributed by atoms with Crippen molar-refractivity contribution in [2.75, 3.05) is 49.8 Å². The average molecular weight is 582 g/mol. The molecule has 42 heavy (non-hydrogen) atoms. The van der Waals surface area contributed by atoms with Gasteiger partial charge < -0.3 is 33.2 Å². The number of hydrogen-bond donors (Lipinski definition) is 0. The third-order valence-electron chi connectivity index (χ3n) is 8.40. The Kier molecular flexibility index (Phi) is 6.58. The highest BCUT2D eigenvalue weighted by Gasteiger charge is 2.50. The molecule has 1 spiro atoms. The van der Waals surface area contributed by atoms with Gasteiger partial charge in [0, 0.05) is 24.5 Å². The van der Waals surface area contributed by atoms with Crippen molar-refractivity contribution in [2.45, 2.75) is 43.6 Å². The van der Waals surface area contributed by atoms with Crippen LogP contribution in [0.4, 0.5) is 20.3 Å². The van der Waals surface area contributed by atoms with Crippen LogP contribution < -0.4 is 14.5 Å². The number of rotatable bonds is 6. The van der Waals surface area contributed by atoms with Crippen LogP contribution in [0.1, 0.15) is 25.6 Å². The molecule has 4 aromatic rings. The number of methoxy groups -OCH3 is 1. The first-order chi connectivity index (χ1) is 20.4. The fraction of sp³-hybridized carbons (Fsp3) is 0.448. The lowest BCUT2D eigenvalue weighted by Gasteiger charge is -2.53. The van der Waals surface area contributed by atoms with Crippen molar-refractivity contribution >= 4 is 39.5 Å². The summed E-state index contributed by atoms with van der Waals surface area (Å²) in [6.07, 6.45) is -1.60. The molecule has 220 valence electrons. The molecule has 0 bridgehead atoms. The summed E-state index contributed by atoms with van der Waals surface area (Å²) in [4.78, 5) is 29.6. The zero-order valence-corrected chi connectivity index (χ0v) is 23.0. The second-order valence-electron chi connectivity index (χ2n) is 10.8. The van der Waals surface area contributed by atoms with Crippen molar-refractivity contribution in [3.8, 4) is 5.88 Å². The van der Waals surface area contributed by atoms with Gasteiger partial charge in [-0.2, -0.15) is 0 Å². The number of furan rings is 1. The van der Waals surface area contributed by atoms with Gasteiger partial charge in [-0.05, 0) is 31.2 Å². The molecule has 11 nitrogen and oxygen atoms in total. The Labute approximate surface area is 239 Å². The first-order valence-electron chi connectivity index (χ1n) is 13.8. The van der Waals surface area contributed by atoms with Gasteiger partial charge in [-0.15, -0.1) is 0 Å². The van der Waals surface area contributed by atoms with Gasteiger partial charge in [-0.3, -0.25) is 0 Å².